The van der Waals surface area contributed by atoms with Gasteiger partial charge in [-0.3, -0.25) is 19.9 Å². The molecule has 4 rings (SSSR count). The predicted octanol–water partition coefficient (Wildman–Crippen LogP) is 5.19. The fraction of sp³-hybridized carbons (Fsp3) is 0.130. The molecule has 0 aliphatic carbocycles. The van der Waals surface area contributed by atoms with Crippen molar-refractivity contribution in [2.45, 2.75) is 7.43 Å². The number of nitrogens with one attached hydrogen (secondary N) is 3. The van der Waals surface area contributed by atoms with Crippen molar-refractivity contribution in [2.75, 3.05) is 28.7 Å². The van der Waals surface area contributed by atoms with Crippen LogP contribution in [-0.2, 0) is 4.74 Å². The fourth-order valence-electron chi connectivity index (χ4n) is 3.12. The van der Waals surface area contributed by atoms with Crippen LogP contribution in [0.1, 0.15) is 33.0 Å². The molecule has 2 aromatic carbocycles. The van der Waals surface area contributed by atoms with Gasteiger partial charge < -0.3 is 15.4 Å². The van der Waals surface area contributed by atoms with Gasteiger partial charge in [0.1, 0.15) is 6.61 Å². The van der Waals surface area contributed by atoms with Gasteiger partial charge in [0, 0.05) is 11.4 Å². The number of amidine groups is 1. The number of anilines is 3. The minimum absolute atomic E-state index is 0. The molecule has 1 aliphatic rings. The van der Waals surface area contributed by atoms with E-state index in [0.29, 0.717) is 33.6 Å². The van der Waals surface area contributed by atoms with Crippen molar-refractivity contribution >= 4 is 57.8 Å². The summed E-state index contributed by atoms with van der Waals surface area (Å²) in [7, 11) is 0. The van der Waals surface area contributed by atoms with E-state index >= 15 is 0 Å². The number of ether oxygens (including phenoxy) is 1. The Kier molecular flexibility index (Phi) is 7.33. The molecule has 1 aromatic heterocycles. The second kappa shape index (κ2) is 10.2. The molecule has 0 radical (unpaired) electrons. The van der Waals surface area contributed by atoms with Gasteiger partial charge in [0.05, 0.1) is 38.6 Å². The average Bonchev–Trinajstić information content (AvgIpc) is 3.42. The van der Waals surface area contributed by atoms with E-state index in [1.54, 1.807) is 41.3 Å². The smallest absolute Gasteiger partial charge is 0.289 e. The van der Waals surface area contributed by atoms with Crippen LogP contribution in [0, 0.1) is 16.7 Å². The summed E-state index contributed by atoms with van der Waals surface area (Å²) in [6, 6.07) is 16.7. The molecule has 33 heavy (non-hydrogen) atoms. The maximum absolute atomic E-state index is 12.9. The van der Waals surface area contributed by atoms with Gasteiger partial charge in [-0.1, -0.05) is 19.0 Å². The van der Waals surface area contributed by atoms with E-state index in [2.05, 4.69) is 10.6 Å². The van der Waals surface area contributed by atoms with Crippen molar-refractivity contribution < 1.29 is 14.3 Å². The number of nitrogens with zero attached hydrogens (tertiary/aromatic N) is 2. The van der Waals surface area contributed by atoms with Crippen molar-refractivity contribution in [1.82, 2.24) is 0 Å². The minimum Gasteiger partial charge on any atom is -0.463 e. The lowest BCUT2D eigenvalue weighted by molar-refractivity contribution is 0.102. The van der Waals surface area contributed by atoms with E-state index in [4.69, 9.17) is 21.7 Å². The Morgan fingerprint density at radius 3 is 2.45 bits per heavy atom. The summed E-state index contributed by atoms with van der Waals surface area (Å²) in [5.41, 5.74) is 2.05. The molecule has 0 saturated carbocycles. The lowest BCUT2D eigenvalue weighted by Gasteiger charge is -2.15. The van der Waals surface area contributed by atoms with Crippen molar-refractivity contribution in [1.29, 1.82) is 10.7 Å². The van der Waals surface area contributed by atoms with Crippen LogP contribution in [0.25, 0.3) is 0 Å². The van der Waals surface area contributed by atoms with Crippen LogP contribution in [0.3, 0.4) is 0 Å². The van der Waals surface area contributed by atoms with E-state index < -0.39 is 11.8 Å². The zero-order chi connectivity index (χ0) is 22.7. The molecule has 2 amide bonds. The SMILES string of the molecule is C.N#Cc1ccc(C(=O)Nc2ccc(N3CCOC3=N)cc2)c(NC(=O)c2ccc(Cl)s2)c1. The second-order valence-corrected chi connectivity index (χ2v) is 8.45. The molecule has 1 aliphatic heterocycles. The third-order valence-corrected chi connectivity index (χ3v) is 5.90. The van der Waals surface area contributed by atoms with Gasteiger partial charge in [-0.15, -0.1) is 11.3 Å². The Morgan fingerprint density at radius 2 is 1.85 bits per heavy atom. The van der Waals surface area contributed by atoms with Crippen LogP contribution < -0.4 is 15.5 Å². The number of amides is 2. The van der Waals surface area contributed by atoms with Crippen molar-refractivity contribution in [3.8, 4) is 6.07 Å². The molecule has 1 saturated heterocycles. The second-order valence-electron chi connectivity index (χ2n) is 6.74. The first kappa shape index (κ1) is 23.8. The van der Waals surface area contributed by atoms with Gasteiger partial charge in [-0.2, -0.15) is 5.26 Å². The number of rotatable bonds is 5. The van der Waals surface area contributed by atoms with Crippen LogP contribution in [0.15, 0.2) is 54.6 Å². The van der Waals surface area contributed by atoms with E-state index in [1.807, 2.05) is 6.07 Å². The lowest BCUT2D eigenvalue weighted by Crippen LogP contribution is -2.23. The number of hydrogen-bond acceptors (Lipinski definition) is 6. The normalized spacial score (nSPS) is 12.4. The third kappa shape index (κ3) is 5.31. The standard InChI is InChI=1S/C22H16ClN5O3S.CH4/c23-19-8-7-18(32-19)21(30)27-17-11-13(12-24)1-6-16(17)20(29)26-14-2-4-15(5-3-14)28-9-10-31-22(28)25;/h1-8,11,25H,9-10H2,(H,26,29)(H,27,30);1H4. The number of carbonyl (C=O) groups excluding carboxylic acids is 2. The van der Waals surface area contributed by atoms with Crippen LogP contribution in [0.4, 0.5) is 17.1 Å². The Morgan fingerprint density at radius 1 is 1.09 bits per heavy atom. The van der Waals surface area contributed by atoms with Crippen LogP contribution in [0.2, 0.25) is 4.34 Å². The monoisotopic (exact) mass is 481 g/mol. The highest BCUT2D eigenvalue weighted by molar-refractivity contribution is 7.18. The summed E-state index contributed by atoms with van der Waals surface area (Å²) in [6.45, 7) is 1.05. The number of benzene rings is 2. The molecule has 8 nitrogen and oxygen atoms in total. The Hall–Kier alpha value is -3.87. The first-order chi connectivity index (χ1) is 15.4. The molecule has 0 atom stereocenters. The summed E-state index contributed by atoms with van der Waals surface area (Å²) in [4.78, 5) is 27.6. The molecule has 2 heterocycles. The van der Waals surface area contributed by atoms with Gasteiger partial charge in [0.25, 0.3) is 17.8 Å². The minimum atomic E-state index is -0.445. The number of hydrogen-bond donors (Lipinski definition) is 3. The molecule has 168 valence electrons. The highest BCUT2D eigenvalue weighted by Gasteiger charge is 2.20. The molecule has 1 fully saturated rings. The summed E-state index contributed by atoms with van der Waals surface area (Å²) < 4.78 is 5.62. The number of halogens is 1. The zero-order valence-corrected chi connectivity index (χ0v) is 18.1. The summed E-state index contributed by atoms with van der Waals surface area (Å²) in [5.74, 6) is -0.871. The van der Waals surface area contributed by atoms with Gasteiger partial charge in [-0.25, -0.2) is 0 Å². The highest BCUT2D eigenvalue weighted by Crippen LogP contribution is 2.25. The van der Waals surface area contributed by atoms with E-state index in [9.17, 15) is 14.9 Å². The van der Waals surface area contributed by atoms with E-state index in [-0.39, 0.29) is 24.7 Å². The molecule has 10 heteroatoms. The van der Waals surface area contributed by atoms with Crippen LogP contribution >= 0.6 is 22.9 Å². The molecule has 0 spiro atoms. The van der Waals surface area contributed by atoms with Crippen molar-refractivity contribution in [3.63, 3.8) is 0 Å². The highest BCUT2D eigenvalue weighted by atomic mass is 35.5. The molecule has 0 bridgehead atoms. The zero-order valence-electron chi connectivity index (χ0n) is 16.5. The molecule has 3 N–H and O–H groups in total. The Bertz CT molecular complexity index is 1250. The summed E-state index contributed by atoms with van der Waals surface area (Å²) >= 11 is 7.01. The molecule has 3 aromatic rings. The first-order valence-corrected chi connectivity index (χ1v) is 10.6. The lowest BCUT2D eigenvalue weighted by atomic mass is 10.1. The first-order valence-electron chi connectivity index (χ1n) is 9.46. The van der Waals surface area contributed by atoms with E-state index in [0.717, 1.165) is 17.0 Å². The van der Waals surface area contributed by atoms with Gasteiger partial charge in [0.15, 0.2) is 0 Å². The topological polar surface area (TPSA) is 118 Å². The number of thiophene rings is 1. The predicted molar refractivity (Wildman–Crippen MR) is 131 cm³/mol. The quantitative estimate of drug-likeness (QED) is 0.463. The maximum atomic E-state index is 12.9. The van der Waals surface area contributed by atoms with E-state index in [1.165, 1.54) is 18.2 Å². The third-order valence-electron chi connectivity index (χ3n) is 4.67. The fourth-order valence-corrected chi connectivity index (χ4v) is 4.06. The van der Waals surface area contributed by atoms with Crippen molar-refractivity contribution in [3.05, 3.63) is 74.9 Å². The van der Waals surface area contributed by atoms with Crippen LogP contribution in [0.5, 0.6) is 0 Å². The van der Waals surface area contributed by atoms with Gasteiger partial charge in [-0.05, 0) is 54.6 Å². The number of nitriles is 1. The Balaban J connectivity index is 0.00000306. The van der Waals surface area contributed by atoms with Gasteiger partial charge >= 0.3 is 0 Å². The molecule has 0 unspecified atom stereocenters. The van der Waals surface area contributed by atoms with Crippen LogP contribution in [-0.4, -0.2) is 31.0 Å². The maximum Gasteiger partial charge on any atom is 0.289 e. The Labute approximate surface area is 199 Å². The summed E-state index contributed by atoms with van der Waals surface area (Å²) in [6.07, 6.45) is 0. The largest absolute Gasteiger partial charge is 0.463 e. The van der Waals surface area contributed by atoms with Gasteiger partial charge in [0.2, 0.25) is 0 Å². The van der Waals surface area contributed by atoms with Crippen molar-refractivity contribution in [2.24, 2.45) is 0 Å². The average molecular weight is 482 g/mol. The summed E-state index contributed by atoms with van der Waals surface area (Å²) in [5, 5.41) is 22.5. The molecular weight excluding hydrogens is 462 g/mol. The molecular formula is C23H20ClN5O3S. The number of carbonyl (C=O) groups is 2.